The van der Waals surface area contributed by atoms with Crippen LogP contribution in [0.1, 0.15) is 47.2 Å². The van der Waals surface area contributed by atoms with E-state index in [-0.39, 0.29) is 22.9 Å². The Kier molecular flexibility index (Phi) is 8.34. The summed E-state index contributed by atoms with van der Waals surface area (Å²) in [7, 11) is -3.82. The third kappa shape index (κ3) is 6.74. The second-order valence-corrected chi connectivity index (χ2v) is 9.30. The van der Waals surface area contributed by atoms with Crippen LogP contribution in [-0.4, -0.2) is 20.2 Å². The molecule has 0 aliphatic rings. The highest BCUT2D eigenvalue weighted by molar-refractivity contribution is 7.89. The van der Waals surface area contributed by atoms with E-state index < -0.39 is 21.8 Å². The summed E-state index contributed by atoms with van der Waals surface area (Å²) < 4.78 is 27.8. The summed E-state index contributed by atoms with van der Waals surface area (Å²) in [6.07, 6.45) is 1.43. The van der Waals surface area contributed by atoms with E-state index in [1.165, 1.54) is 24.3 Å². The Balaban J connectivity index is 1.64. The minimum atomic E-state index is -3.82. The zero-order chi connectivity index (χ0) is 23.7. The molecule has 3 rings (SSSR count). The van der Waals surface area contributed by atoms with Crippen molar-refractivity contribution in [1.82, 2.24) is 15.6 Å². The van der Waals surface area contributed by atoms with Gasteiger partial charge in [0.25, 0.3) is 5.91 Å². The smallest absolute Gasteiger partial charge is 0.269 e. The summed E-state index contributed by atoms with van der Waals surface area (Å²) in [4.78, 5) is 25.2. The molecule has 7 nitrogen and oxygen atoms in total. The van der Waals surface area contributed by atoms with Crippen LogP contribution in [0.4, 0.5) is 0 Å². The standard InChI is InChI=1S/C25H27N3O4S/c1-2-10-23(20-13-7-4-8-14-20)25(30)28-27-24(29)21-15-9-16-22(17-21)33(31,32)26-18-19-11-5-3-6-12-19/h3-9,11-17,23,26H,2,10,18H2,1H3,(H,27,29)(H,28,30). The molecule has 1 atom stereocenters. The van der Waals surface area contributed by atoms with Gasteiger partial charge < -0.3 is 0 Å². The van der Waals surface area contributed by atoms with Gasteiger partial charge in [0, 0.05) is 12.1 Å². The van der Waals surface area contributed by atoms with Gasteiger partial charge in [0.2, 0.25) is 15.9 Å². The van der Waals surface area contributed by atoms with Crippen LogP contribution < -0.4 is 15.6 Å². The number of hydrogen-bond donors (Lipinski definition) is 3. The van der Waals surface area contributed by atoms with Gasteiger partial charge in [0.15, 0.2) is 0 Å². The first-order valence-corrected chi connectivity index (χ1v) is 12.2. The Labute approximate surface area is 194 Å². The number of carbonyl (C=O) groups excluding carboxylic acids is 2. The Morgan fingerprint density at radius 1 is 0.848 bits per heavy atom. The molecule has 0 bridgehead atoms. The summed E-state index contributed by atoms with van der Waals surface area (Å²) in [5.74, 6) is -1.33. The average molecular weight is 466 g/mol. The van der Waals surface area contributed by atoms with Crippen LogP contribution in [0, 0.1) is 0 Å². The Hall–Kier alpha value is -3.49. The summed E-state index contributed by atoms with van der Waals surface area (Å²) in [6.45, 7) is 2.12. The lowest BCUT2D eigenvalue weighted by molar-refractivity contribution is -0.123. The van der Waals surface area contributed by atoms with Crippen LogP contribution in [0.2, 0.25) is 0 Å². The van der Waals surface area contributed by atoms with Crippen molar-refractivity contribution in [3.05, 3.63) is 102 Å². The predicted molar refractivity (Wildman–Crippen MR) is 127 cm³/mol. The lowest BCUT2D eigenvalue weighted by Crippen LogP contribution is -2.44. The molecule has 0 radical (unpaired) electrons. The molecule has 0 heterocycles. The molecule has 3 aromatic carbocycles. The van der Waals surface area contributed by atoms with E-state index in [4.69, 9.17) is 0 Å². The van der Waals surface area contributed by atoms with Crippen molar-refractivity contribution in [1.29, 1.82) is 0 Å². The maximum absolute atomic E-state index is 12.7. The van der Waals surface area contributed by atoms with Gasteiger partial charge in [-0.2, -0.15) is 0 Å². The van der Waals surface area contributed by atoms with Gasteiger partial charge in [-0.05, 0) is 35.7 Å². The normalized spacial score (nSPS) is 12.0. The number of nitrogens with one attached hydrogen (secondary N) is 3. The summed E-state index contributed by atoms with van der Waals surface area (Å²) >= 11 is 0. The molecular formula is C25H27N3O4S. The third-order valence-corrected chi connectivity index (χ3v) is 6.51. The molecule has 8 heteroatoms. The van der Waals surface area contributed by atoms with Crippen LogP contribution in [0.15, 0.2) is 89.8 Å². The monoisotopic (exact) mass is 465 g/mol. The van der Waals surface area contributed by atoms with Crippen LogP contribution in [-0.2, 0) is 21.4 Å². The van der Waals surface area contributed by atoms with Crippen LogP contribution in [0.5, 0.6) is 0 Å². The fourth-order valence-corrected chi connectivity index (χ4v) is 4.43. The van der Waals surface area contributed by atoms with E-state index in [1.807, 2.05) is 67.6 Å². The van der Waals surface area contributed by atoms with Crippen molar-refractivity contribution >= 4 is 21.8 Å². The highest BCUT2D eigenvalue weighted by atomic mass is 32.2. The second kappa shape index (κ2) is 11.4. The van der Waals surface area contributed by atoms with Crippen molar-refractivity contribution < 1.29 is 18.0 Å². The quantitative estimate of drug-likeness (QED) is 0.421. The van der Waals surface area contributed by atoms with Gasteiger partial charge in [-0.3, -0.25) is 20.4 Å². The fraction of sp³-hybridized carbons (Fsp3) is 0.200. The SMILES string of the molecule is CCCC(C(=O)NNC(=O)c1cccc(S(=O)(=O)NCc2ccccc2)c1)c1ccccc1. The van der Waals surface area contributed by atoms with Gasteiger partial charge in [-0.1, -0.05) is 80.1 Å². The minimum absolute atomic E-state index is 0.0365. The van der Waals surface area contributed by atoms with Gasteiger partial charge in [0.1, 0.15) is 0 Å². The molecule has 3 aromatic rings. The van der Waals surface area contributed by atoms with Crippen molar-refractivity contribution in [3.63, 3.8) is 0 Å². The predicted octanol–water partition coefficient (Wildman–Crippen LogP) is 3.51. The van der Waals surface area contributed by atoms with Gasteiger partial charge >= 0.3 is 0 Å². The number of rotatable bonds is 9. The molecule has 0 saturated carbocycles. The zero-order valence-electron chi connectivity index (χ0n) is 18.3. The van der Waals surface area contributed by atoms with E-state index in [1.54, 1.807) is 0 Å². The summed E-state index contributed by atoms with van der Waals surface area (Å²) in [5.41, 5.74) is 6.65. The van der Waals surface area contributed by atoms with Crippen LogP contribution >= 0.6 is 0 Å². The molecular weight excluding hydrogens is 438 g/mol. The number of carbonyl (C=O) groups is 2. The molecule has 172 valence electrons. The molecule has 33 heavy (non-hydrogen) atoms. The first-order valence-electron chi connectivity index (χ1n) is 10.7. The van der Waals surface area contributed by atoms with E-state index in [0.717, 1.165) is 17.5 Å². The number of hydrazine groups is 1. The lowest BCUT2D eigenvalue weighted by Gasteiger charge is -2.17. The Morgan fingerprint density at radius 3 is 2.18 bits per heavy atom. The first-order chi connectivity index (χ1) is 15.9. The van der Waals surface area contributed by atoms with Gasteiger partial charge in [0.05, 0.1) is 10.8 Å². The lowest BCUT2D eigenvalue weighted by atomic mass is 9.94. The molecule has 0 aliphatic heterocycles. The first kappa shape index (κ1) is 24.2. The fourth-order valence-electron chi connectivity index (χ4n) is 3.36. The number of sulfonamides is 1. The minimum Gasteiger partial charge on any atom is -0.273 e. The largest absolute Gasteiger partial charge is 0.273 e. The highest BCUT2D eigenvalue weighted by Gasteiger charge is 2.21. The highest BCUT2D eigenvalue weighted by Crippen LogP contribution is 2.21. The van der Waals surface area contributed by atoms with E-state index in [0.29, 0.717) is 6.42 Å². The summed E-state index contributed by atoms with van der Waals surface area (Å²) in [6, 6.07) is 24.1. The third-order valence-electron chi connectivity index (χ3n) is 5.11. The zero-order valence-corrected chi connectivity index (χ0v) is 19.1. The molecule has 0 saturated heterocycles. The summed E-state index contributed by atoms with van der Waals surface area (Å²) in [5, 5.41) is 0. The van der Waals surface area contributed by atoms with Gasteiger partial charge in [-0.15, -0.1) is 0 Å². The molecule has 0 aromatic heterocycles. The van der Waals surface area contributed by atoms with Crippen molar-refractivity contribution in [3.8, 4) is 0 Å². The molecule has 0 fully saturated rings. The van der Waals surface area contributed by atoms with E-state index >= 15 is 0 Å². The van der Waals surface area contributed by atoms with Crippen molar-refractivity contribution in [2.45, 2.75) is 37.1 Å². The van der Waals surface area contributed by atoms with Crippen molar-refractivity contribution in [2.75, 3.05) is 0 Å². The molecule has 2 amide bonds. The molecule has 0 aliphatic carbocycles. The second-order valence-electron chi connectivity index (χ2n) is 7.53. The number of hydrogen-bond acceptors (Lipinski definition) is 4. The maximum Gasteiger partial charge on any atom is 0.269 e. The van der Waals surface area contributed by atoms with Crippen molar-refractivity contribution in [2.24, 2.45) is 0 Å². The van der Waals surface area contributed by atoms with E-state index in [9.17, 15) is 18.0 Å². The topological polar surface area (TPSA) is 104 Å². The maximum atomic E-state index is 12.7. The Morgan fingerprint density at radius 2 is 1.52 bits per heavy atom. The molecule has 1 unspecified atom stereocenters. The Bertz CT molecular complexity index is 1180. The van der Waals surface area contributed by atoms with E-state index in [2.05, 4.69) is 15.6 Å². The average Bonchev–Trinajstić information content (AvgIpc) is 2.85. The van der Waals surface area contributed by atoms with Gasteiger partial charge in [-0.25, -0.2) is 13.1 Å². The molecule has 3 N–H and O–H groups in total. The van der Waals surface area contributed by atoms with Crippen LogP contribution in [0.3, 0.4) is 0 Å². The van der Waals surface area contributed by atoms with Crippen LogP contribution in [0.25, 0.3) is 0 Å². The molecule has 0 spiro atoms. The number of amides is 2. The number of benzene rings is 3.